The van der Waals surface area contributed by atoms with Gasteiger partial charge in [-0.05, 0) is 50.5 Å². The lowest BCUT2D eigenvalue weighted by Gasteiger charge is -2.22. The fourth-order valence-corrected chi connectivity index (χ4v) is 2.35. The van der Waals surface area contributed by atoms with Crippen LogP contribution in [0.2, 0.25) is 5.02 Å². The van der Waals surface area contributed by atoms with Crippen molar-refractivity contribution < 1.29 is 29.6 Å². The molecular weight excluding hydrogens is 350 g/mol. The molecule has 0 radical (unpaired) electrons. The summed E-state index contributed by atoms with van der Waals surface area (Å²) in [5.74, 6) is -1.06. The van der Waals surface area contributed by atoms with Gasteiger partial charge in [0.25, 0.3) is 0 Å². The van der Waals surface area contributed by atoms with E-state index in [2.05, 4.69) is 5.32 Å². The molecule has 0 fully saturated rings. The number of aliphatic carboxylic acids is 1. The average Bonchev–Trinajstić information content (AvgIpc) is 2.45. The Morgan fingerprint density at radius 3 is 2.48 bits per heavy atom. The third-order valence-electron chi connectivity index (χ3n) is 3.24. The quantitative estimate of drug-likeness (QED) is 0.582. The number of amides is 1. The molecule has 0 aliphatic carbocycles. The summed E-state index contributed by atoms with van der Waals surface area (Å²) in [6, 6.07) is 4.45. The van der Waals surface area contributed by atoms with E-state index in [9.17, 15) is 19.8 Å². The third kappa shape index (κ3) is 7.72. The van der Waals surface area contributed by atoms with Gasteiger partial charge in [0.15, 0.2) is 0 Å². The number of hydrogen-bond donors (Lipinski definition) is 4. The number of carbonyl (C=O) groups is 2. The summed E-state index contributed by atoms with van der Waals surface area (Å²) in [6.45, 7) is 5.28. The van der Waals surface area contributed by atoms with E-state index in [1.165, 1.54) is 18.2 Å². The number of alkyl carbamates (subject to hydrolysis) is 1. The maximum absolute atomic E-state index is 11.5. The molecule has 0 saturated heterocycles. The molecule has 0 aromatic heterocycles. The molecule has 140 valence electrons. The topological polar surface area (TPSA) is 116 Å². The highest BCUT2D eigenvalue weighted by atomic mass is 35.5. The molecule has 0 heterocycles. The first-order valence-corrected chi connectivity index (χ1v) is 8.20. The first-order valence-electron chi connectivity index (χ1n) is 7.82. The summed E-state index contributed by atoms with van der Waals surface area (Å²) in [5, 5.41) is 32.2. The minimum atomic E-state index is -1.33. The van der Waals surface area contributed by atoms with Crippen LogP contribution in [0, 0.1) is 0 Å². The van der Waals surface area contributed by atoms with Gasteiger partial charge in [-0.15, -0.1) is 0 Å². The van der Waals surface area contributed by atoms with E-state index >= 15 is 0 Å². The number of benzene rings is 1. The maximum Gasteiger partial charge on any atom is 0.407 e. The van der Waals surface area contributed by atoms with Crippen molar-refractivity contribution in [3.63, 3.8) is 0 Å². The molecule has 1 aromatic rings. The Hall–Kier alpha value is -1.83. The molecule has 0 spiro atoms. The summed E-state index contributed by atoms with van der Waals surface area (Å²) in [4.78, 5) is 22.5. The maximum atomic E-state index is 11.5. The lowest BCUT2D eigenvalue weighted by Crippen LogP contribution is -2.34. The highest BCUT2D eigenvalue weighted by Crippen LogP contribution is 2.26. The van der Waals surface area contributed by atoms with Gasteiger partial charge in [0.05, 0.1) is 12.5 Å². The van der Waals surface area contributed by atoms with Crippen LogP contribution in [0.25, 0.3) is 0 Å². The molecule has 8 heteroatoms. The predicted octanol–water partition coefficient (Wildman–Crippen LogP) is 2.28. The molecule has 0 saturated carbocycles. The first-order chi connectivity index (χ1) is 11.5. The highest BCUT2D eigenvalue weighted by Gasteiger charge is 2.23. The summed E-state index contributed by atoms with van der Waals surface area (Å²) in [5.41, 5.74) is -0.0161. The molecule has 7 nitrogen and oxygen atoms in total. The van der Waals surface area contributed by atoms with Crippen molar-refractivity contribution in [1.29, 1.82) is 0 Å². The van der Waals surface area contributed by atoms with Crippen molar-refractivity contribution in [1.82, 2.24) is 5.32 Å². The van der Waals surface area contributed by atoms with E-state index in [4.69, 9.17) is 21.4 Å². The minimum absolute atomic E-state index is 0.0550. The Balaban J connectivity index is 2.67. The largest absolute Gasteiger partial charge is 0.481 e. The van der Waals surface area contributed by atoms with Crippen LogP contribution in [0.4, 0.5) is 4.79 Å². The van der Waals surface area contributed by atoms with Crippen LogP contribution in [-0.2, 0) is 16.0 Å². The smallest absolute Gasteiger partial charge is 0.407 e. The van der Waals surface area contributed by atoms with E-state index in [-0.39, 0.29) is 24.9 Å². The molecule has 2 atom stereocenters. The van der Waals surface area contributed by atoms with Crippen LogP contribution in [-0.4, -0.2) is 45.6 Å². The standard InChI is InChI=1S/C17H24ClNO6/c1-17(2,3)25-16(24)19-7-6-13(20)15(23)12-9-11(18)5-4-10(12)8-14(21)22/h4-5,9,13,15,20,23H,6-8H2,1-3H3,(H,19,24)(H,21,22). The second-order valence-electron chi connectivity index (χ2n) is 6.64. The molecule has 2 unspecified atom stereocenters. The van der Waals surface area contributed by atoms with Gasteiger partial charge in [-0.25, -0.2) is 4.79 Å². The number of aliphatic hydroxyl groups excluding tert-OH is 2. The van der Waals surface area contributed by atoms with Gasteiger partial charge < -0.3 is 25.4 Å². The van der Waals surface area contributed by atoms with Crippen molar-refractivity contribution in [3.05, 3.63) is 34.3 Å². The fourth-order valence-electron chi connectivity index (χ4n) is 2.17. The van der Waals surface area contributed by atoms with Crippen molar-refractivity contribution >= 4 is 23.7 Å². The zero-order valence-electron chi connectivity index (χ0n) is 14.5. The normalized spacial score (nSPS) is 13.8. The van der Waals surface area contributed by atoms with Gasteiger partial charge in [-0.2, -0.15) is 0 Å². The molecule has 1 rings (SSSR count). The SMILES string of the molecule is CC(C)(C)OC(=O)NCCC(O)C(O)c1cc(Cl)ccc1CC(=O)O. The van der Waals surface area contributed by atoms with Crippen molar-refractivity contribution in [2.45, 2.75) is 51.4 Å². The third-order valence-corrected chi connectivity index (χ3v) is 3.48. The lowest BCUT2D eigenvalue weighted by atomic mass is 9.95. The van der Waals surface area contributed by atoms with Gasteiger partial charge in [-0.1, -0.05) is 17.7 Å². The fraction of sp³-hybridized carbons (Fsp3) is 0.529. The molecule has 25 heavy (non-hydrogen) atoms. The van der Waals surface area contributed by atoms with E-state index in [0.29, 0.717) is 10.6 Å². The molecule has 1 aromatic carbocycles. The average molecular weight is 374 g/mol. The Morgan fingerprint density at radius 2 is 1.92 bits per heavy atom. The first kappa shape index (κ1) is 21.2. The number of ether oxygens (including phenoxy) is 1. The van der Waals surface area contributed by atoms with Gasteiger partial charge in [-0.3, -0.25) is 4.79 Å². The van der Waals surface area contributed by atoms with Crippen LogP contribution < -0.4 is 5.32 Å². The number of aliphatic hydroxyl groups is 2. The summed E-state index contributed by atoms with van der Waals surface area (Å²) >= 11 is 5.90. The van der Waals surface area contributed by atoms with Crippen molar-refractivity contribution in [3.8, 4) is 0 Å². The van der Waals surface area contributed by atoms with Crippen LogP contribution in [0.1, 0.15) is 44.4 Å². The second kappa shape index (κ2) is 9.03. The zero-order valence-corrected chi connectivity index (χ0v) is 15.2. The molecule has 0 aliphatic heterocycles. The number of nitrogens with one attached hydrogen (secondary N) is 1. The van der Waals surface area contributed by atoms with Crippen molar-refractivity contribution in [2.75, 3.05) is 6.54 Å². The number of halogens is 1. The monoisotopic (exact) mass is 373 g/mol. The number of carbonyl (C=O) groups excluding carboxylic acids is 1. The van der Waals surface area contributed by atoms with Gasteiger partial charge >= 0.3 is 12.1 Å². The van der Waals surface area contributed by atoms with Gasteiger partial charge in [0.1, 0.15) is 11.7 Å². The minimum Gasteiger partial charge on any atom is -0.481 e. The van der Waals surface area contributed by atoms with E-state index < -0.39 is 29.9 Å². The van der Waals surface area contributed by atoms with Crippen LogP contribution >= 0.6 is 11.6 Å². The van der Waals surface area contributed by atoms with E-state index in [0.717, 1.165) is 0 Å². The van der Waals surface area contributed by atoms with E-state index in [1.54, 1.807) is 20.8 Å². The van der Waals surface area contributed by atoms with Crippen LogP contribution in [0.5, 0.6) is 0 Å². The predicted molar refractivity (Wildman–Crippen MR) is 92.6 cm³/mol. The van der Waals surface area contributed by atoms with Crippen molar-refractivity contribution in [2.24, 2.45) is 0 Å². The van der Waals surface area contributed by atoms with Crippen LogP contribution in [0.15, 0.2) is 18.2 Å². The Morgan fingerprint density at radius 1 is 1.28 bits per heavy atom. The number of carboxylic acid groups (broad SMARTS) is 1. The molecule has 4 N–H and O–H groups in total. The van der Waals surface area contributed by atoms with E-state index in [1.807, 2.05) is 0 Å². The zero-order chi connectivity index (χ0) is 19.2. The summed E-state index contributed by atoms with van der Waals surface area (Å²) in [6.07, 6.45) is -3.40. The molecule has 1 amide bonds. The van der Waals surface area contributed by atoms with Gasteiger partial charge in [0, 0.05) is 11.6 Å². The molecule has 0 bridgehead atoms. The highest BCUT2D eigenvalue weighted by molar-refractivity contribution is 6.30. The summed E-state index contributed by atoms with van der Waals surface area (Å²) < 4.78 is 5.07. The Bertz CT molecular complexity index is 614. The van der Waals surface area contributed by atoms with Gasteiger partial charge in [0.2, 0.25) is 0 Å². The summed E-state index contributed by atoms with van der Waals surface area (Å²) in [7, 11) is 0. The van der Waals surface area contributed by atoms with Crippen LogP contribution in [0.3, 0.4) is 0 Å². The molecular formula is C17H24ClNO6. The number of carboxylic acids is 1. The molecule has 0 aliphatic rings. The Labute approximate surface area is 151 Å². The second-order valence-corrected chi connectivity index (χ2v) is 7.08. The Kier molecular flexibility index (Phi) is 7.66. The lowest BCUT2D eigenvalue weighted by molar-refractivity contribution is -0.136. The number of hydrogen-bond acceptors (Lipinski definition) is 5. The number of rotatable bonds is 7.